The molecule has 0 atom stereocenters. The highest BCUT2D eigenvalue weighted by Gasteiger charge is 2.03. The van der Waals surface area contributed by atoms with E-state index in [1.807, 2.05) is 34.0 Å². The van der Waals surface area contributed by atoms with Gasteiger partial charge in [0.05, 0.1) is 6.20 Å². The molecule has 16 heavy (non-hydrogen) atoms. The maximum absolute atomic E-state index is 11.0. The predicted octanol–water partition coefficient (Wildman–Crippen LogP) is 2.11. The summed E-state index contributed by atoms with van der Waals surface area (Å²) in [6, 6.07) is 1.59. The van der Waals surface area contributed by atoms with Gasteiger partial charge in [0.1, 0.15) is 0 Å². The van der Waals surface area contributed by atoms with Gasteiger partial charge in [-0.3, -0.25) is 9.48 Å². The first-order valence-corrected chi connectivity index (χ1v) is 5.35. The summed E-state index contributed by atoms with van der Waals surface area (Å²) in [7, 11) is 1.87. The molecule has 2 aromatic rings. The van der Waals surface area contributed by atoms with Gasteiger partial charge in [-0.15, -0.1) is 0 Å². The zero-order valence-corrected chi connectivity index (χ0v) is 10.1. The number of pyridine rings is 1. The second kappa shape index (κ2) is 5.30. The molecule has 0 aromatic carbocycles. The maximum atomic E-state index is 11.0. The molecule has 0 saturated carbocycles. The van der Waals surface area contributed by atoms with Crippen LogP contribution in [0.25, 0.3) is 11.1 Å². The molecule has 4 nitrogen and oxygen atoms in total. The number of rotatable bonds is 1. The third-order valence-corrected chi connectivity index (χ3v) is 2.15. The van der Waals surface area contributed by atoms with Crippen LogP contribution in [0, 0.1) is 6.92 Å². The Hall–Kier alpha value is -1.84. The summed E-state index contributed by atoms with van der Waals surface area (Å²) in [4.78, 5) is 13.7. The monoisotopic (exact) mass is 219 g/mol. The Morgan fingerprint density at radius 1 is 1.38 bits per heavy atom. The lowest BCUT2D eigenvalue weighted by Crippen LogP contribution is -2.04. The molecule has 4 heteroatoms. The van der Waals surface area contributed by atoms with E-state index < -0.39 is 0 Å². The lowest BCUT2D eigenvalue weighted by molar-refractivity contribution is 0.768. The summed E-state index contributed by atoms with van der Waals surface area (Å²) >= 11 is 0. The van der Waals surface area contributed by atoms with Gasteiger partial charge in [0, 0.05) is 36.6 Å². The minimum Gasteiger partial charge on any atom is -0.328 e. The van der Waals surface area contributed by atoms with Gasteiger partial charge in [-0.1, -0.05) is 13.8 Å². The molecule has 0 bridgehead atoms. The van der Waals surface area contributed by atoms with Gasteiger partial charge >= 0.3 is 0 Å². The molecule has 0 spiro atoms. The quantitative estimate of drug-likeness (QED) is 0.798. The Morgan fingerprint density at radius 2 is 2.06 bits per heavy atom. The van der Waals surface area contributed by atoms with Crippen molar-refractivity contribution in [2.24, 2.45) is 7.05 Å². The summed E-state index contributed by atoms with van der Waals surface area (Å²) in [5.41, 5.74) is 2.91. The second-order valence-electron chi connectivity index (χ2n) is 3.30. The minimum absolute atomic E-state index is 0.0739. The zero-order valence-electron chi connectivity index (χ0n) is 10.1. The van der Waals surface area contributed by atoms with Gasteiger partial charge in [0.15, 0.2) is 0 Å². The molecule has 0 amide bonds. The molecule has 0 aliphatic carbocycles. The van der Waals surface area contributed by atoms with E-state index in [-0.39, 0.29) is 5.56 Å². The van der Waals surface area contributed by atoms with E-state index in [1.54, 1.807) is 23.1 Å². The first kappa shape index (κ1) is 12.2. The normalized spacial score (nSPS) is 9.50. The number of H-pyrrole nitrogens is 1. The van der Waals surface area contributed by atoms with Gasteiger partial charge in [-0.25, -0.2) is 0 Å². The van der Waals surface area contributed by atoms with Crippen molar-refractivity contribution in [2.75, 3.05) is 0 Å². The van der Waals surface area contributed by atoms with Crippen LogP contribution in [0.4, 0.5) is 0 Å². The molecule has 2 rings (SSSR count). The van der Waals surface area contributed by atoms with E-state index in [1.165, 1.54) is 0 Å². The Kier molecular flexibility index (Phi) is 4.05. The van der Waals surface area contributed by atoms with Crippen molar-refractivity contribution in [2.45, 2.75) is 20.8 Å². The standard InChI is InChI=1S/C10H11N3O.C2H6/c1-7-3-10(14)11-5-9(7)8-4-12-13(2)6-8;1-2/h3-6H,1-2H3,(H,11,14);1-2H3. The number of nitrogens with zero attached hydrogens (tertiary/aromatic N) is 2. The van der Waals surface area contributed by atoms with Gasteiger partial charge in [-0.2, -0.15) is 5.10 Å². The summed E-state index contributed by atoms with van der Waals surface area (Å²) in [6.07, 6.45) is 5.41. The third-order valence-electron chi connectivity index (χ3n) is 2.15. The van der Waals surface area contributed by atoms with Crippen molar-refractivity contribution in [3.63, 3.8) is 0 Å². The fourth-order valence-electron chi connectivity index (χ4n) is 1.44. The molecule has 2 heterocycles. The highest BCUT2D eigenvalue weighted by atomic mass is 16.1. The van der Waals surface area contributed by atoms with E-state index >= 15 is 0 Å². The van der Waals surface area contributed by atoms with Crippen molar-refractivity contribution in [1.82, 2.24) is 14.8 Å². The highest BCUT2D eigenvalue weighted by Crippen LogP contribution is 2.19. The van der Waals surface area contributed by atoms with Crippen molar-refractivity contribution >= 4 is 0 Å². The van der Waals surface area contributed by atoms with E-state index in [2.05, 4.69) is 10.1 Å². The Morgan fingerprint density at radius 3 is 2.56 bits per heavy atom. The van der Waals surface area contributed by atoms with Crippen LogP contribution in [0.15, 0.2) is 29.5 Å². The van der Waals surface area contributed by atoms with E-state index in [0.29, 0.717) is 0 Å². The van der Waals surface area contributed by atoms with Crippen LogP contribution in [-0.4, -0.2) is 14.8 Å². The maximum Gasteiger partial charge on any atom is 0.248 e. The van der Waals surface area contributed by atoms with Gasteiger partial charge in [0.2, 0.25) is 5.56 Å². The van der Waals surface area contributed by atoms with Crippen molar-refractivity contribution in [3.8, 4) is 11.1 Å². The number of aromatic amines is 1. The number of nitrogens with one attached hydrogen (secondary N) is 1. The molecule has 2 aromatic heterocycles. The average Bonchev–Trinajstić information content (AvgIpc) is 2.68. The van der Waals surface area contributed by atoms with Crippen LogP contribution in [-0.2, 0) is 7.05 Å². The Labute approximate surface area is 94.9 Å². The van der Waals surface area contributed by atoms with E-state index in [4.69, 9.17) is 0 Å². The topological polar surface area (TPSA) is 50.7 Å². The van der Waals surface area contributed by atoms with Crippen molar-refractivity contribution in [3.05, 3.63) is 40.6 Å². The molecule has 0 saturated heterocycles. The zero-order chi connectivity index (χ0) is 12.1. The number of aromatic nitrogens is 3. The fourth-order valence-corrected chi connectivity index (χ4v) is 1.44. The van der Waals surface area contributed by atoms with Crippen LogP contribution in [0.2, 0.25) is 0 Å². The summed E-state index contributed by atoms with van der Waals surface area (Å²) in [5.74, 6) is 0. The lowest BCUT2D eigenvalue weighted by Gasteiger charge is -2.00. The molecule has 0 unspecified atom stereocenters. The molecular formula is C12H17N3O. The van der Waals surface area contributed by atoms with Crippen LogP contribution in [0.5, 0.6) is 0 Å². The SMILES string of the molecule is CC.Cc1cc(=O)[nH]cc1-c1cnn(C)c1. The average molecular weight is 219 g/mol. The van der Waals surface area contributed by atoms with Crippen molar-refractivity contribution < 1.29 is 0 Å². The summed E-state index contributed by atoms with van der Waals surface area (Å²) in [6.45, 7) is 5.91. The Bertz CT molecular complexity index is 511. The minimum atomic E-state index is -0.0739. The molecular weight excluding hydrogens is 202 g/mol. The summed E-state index contributed by atoms with van der Waals surface area (Å²) in [5, 5.41) is 4.08. The molecule has 0 radical (unpaired) electrons. The number of hydrogen-bond donors (Lipinski definition) is 1. The smallest absolute Gasteiger partial charge is 0.248 e. The Balaban J connectivity index is 0.000000606. The lowest BCUT2D eigenvalue weighted by atomic mass is 10.1. The first-order chi connectivity index (χ1) is 7.66. The van der Waals surface area contributed by atoms with Crippen LogP contribution in [0.1, 0.15) is 19.4 Å². The largest absolute Gasteiger partial charge is 0.328 e. The van der Waals surface area contributed by atoms with Crippen LogP contribution < -0.4 is 5.56 Å². The van der Waals surface area contributed by atoms with Gasteiger partial charge in [0.25, 0.3) is 0 Å². The number of aryl methyl sites for hydroxylation is 2. The predicted molar refractivity (Wildman–Crippen MR) is 65.3 cm³/mol. The molecule has 86 valence electrons. The van der Waals surface area contributed by atoms with E-state index in [9.17, 15) is 4.79 Å². The first-order valence-electron chi connectivity index (χ1n) is 5.35. The van der Waals surface area contributed by atoms with Gasteiger partial charge in [-0.05, 0) is 12.5 Å². The third kappa shape index (κ3) is 2.59. The molecule has 0 fully saturated rings. The molecule has 0 aliphatic rings. The number of hydrogen-bond acceptors (Lipinski definition) is 2. The van der Waals surface area contributed by atoms with Gasteiger partial charge < -0.3 is 4.98 Å². The molecule has 0 aliphatic heterocycles. The van der Waals surface area contributed by atoms with Crippen molar-refractivity contribution in [1.29, 1.82) is 0 Å². The van der Waals surface area contributed by atoms with E-state index in [0.717, 1.165) is 16.7 Å². The molecule has 1 N–H and O–H groups in total. The fraction of sp³-hybridized carbons (Fsp3) is 0.333. The van der Waals surface area contributed by atoms with Crippen LogP contribution >= 0.6 is 0 Å². The highest BCUT2D eigenvalue weighted by molar-refractivity contribution is 5.64. The second-order valence-corrected chi connectivity index (χ2v) is 3.30. The summed E-state index contributed by atoms with van der Waals surface area (Å²) < 4.78 is 1.74. The van der Waals surface area contributed by atoms with Crippen LogP contribution in [0.3, 0.4) is 0 Å².